The summed E-state index contributed by atoms with van der Waals surface area (Å²) in [6, 6.07) is 18.4. The van der Waals surface area contributed by atoms with Gasteiger partial charge >= 0.3 is 0 Å². The van der Waals surface area contributed by atoms with E-state index in [2.05, 4.69) is 21.9 Å². The third-order valence-electron chi connectivity index (χ3n) is 5.85. The number of aromatic amines is 1. The number of carbonyl (C=O) groups is 1. The third-order valence-corrected chi connectivity index (χ3v) is 6.73. The first kappa shape index (κ1) is 26.2. The van der Waals surface area contributed by atoms with Gasteiger partial charge in [0.05, 0.1) is 17.1 Å². The molecule has 0 aliphatic carbocycles. The van der Waals surface area contributed by atoms with Gasteiger partial charge < -0.3 is 19.9 Å². The fourth-order valence-electron chi connectivity index (χ4n) is 4.03. The lowest BCUT2D eigenvalue weighted by Crippen LogP contribution is -2.39. The maximum Gasteiger partial charge on any atom is 0.245 e. The molecular formula is C28H28F2N4O2S. The molecule has 1 amide bonds. The minimum Gasteiger partial charge on any atom is -0.371 e. The highest BCUT2D eigenvalue weighted by Gasteiger charge is 2.25. The molecule has 2 aromatic heterocycles. The van der Waals surface area contributed by atoms with E-state index < -0.39 is 6.10 Å². The Hall–Kier alpha value is -3.82. The first-order valence-corrected chi connectivity index (χ1v) is 12.5. The van der Waals surface area contributed by atoms with Crippen molar-refractivity contribution in [3.05, 3.63) is 95.5 Å². The number of methoxy groups -OCH3 is 1. The zero-order valence-corrected chi connectivity index (χ0v) is 21.6. The first-order valence-electron chi connectivity index (χ1n) is 11.7. The second kappa shape index (κ2) is 11.5. The number of H-pyrrole nitrogens is 1. The van der Waals surface area contributed by atoms with Crippen LogP contribution in [0.5, 0.6) is 0 Å². The van der Waals surface area contributed by atoms with Crippen molar-refractivity contribution in [3.8, 4) is 22.0 Å². The van der Waals surface area contributed by atoms with E-state index in [0.29, 0.717) is 27.9 Å². The van der Waals surface area contributed by atoms with Gasteiger partial charge in [-0.2, -0.15) is 4.39 Å². The molecule has 1 unspecified atom stereocenters. The summed E-state index contributed by atoms with van der Waals surface area (Å²) in [4.78, 5) is 23.5. The first-order chi connectivity index (χ1) is 17.8. The molecule has 0 fully saturated rings. The summed E-state index contributed by atoms with van der Waals surface area (Å²) < 4.78 is 32.7. The van der Waals surface area contributed by atoms with Gasteiger partial charge in [0.1, 0.15) is 11.9 Å². The van der Waals surface area contributed by atoms with Crippen LogP contribution in [-0.2, 0) is 9.53 Å². The van der Waals surface area contributed by atoms with E-state index >= 15 is 0 Å². The summed E-state index contributed by atoms with van der Waals surface area (Å²) in [5, 5.41) is 2.59. The minimum absolute atomic E-state index is 0.0123. The van der Waals surface area contributed by atoms with Gasteiger partial charge in [0.25, 0.3) is 0 Å². The second-order valence-corrected chi connectivity index (χ2v) is 9.74. The highest BCUT2D eigenvalue weighted by molar-refractivity contribution is 7.13. The van der Waals surface area contributed by atoms with Gasteiger partial charge in [-0.25, -0.2) is 9.37 Å². The van der Waals surface area contributed by atoms with E-state index in [-0.39, 0.29) is 29.4 Å². The number of amides is 1. The summed E-state index contributed by atoms with van der Waals surface area (Å²) >= 11 is 0.970. The summed E-state index contributed by atoms with van der Waals surface area (Å²) in [7, 11) is 1.54. The molecule has 2 aromatic carbocycles. The number of imidazole rings is 1. The fourth-order valence-corrected chi connectivity index (χ4v) is 4.71. The molecule has 4 rings (SSSR count). The van der Waals surface area contributed by atoms with E-state index in [1.165, 1.54) is 18.2 Å². The predicted octanol–water partition coefficient (Wildman–Crippen LogP) is 6.63. The Bertz CT molecular complexity index is 1370. The van der Waals surface area contributed by atoms with E-state index in [1.54, 1.807) is 25.3 Å². The number of ether oxygens (including phenoxy) is 1. The van der Waals surface area contributed by atoms with Crippen molar-refractivity contribution in [2.24, 2.45) is 0 Å². The van der Waals surface area contributed by atoms with Crippen LogP contribution in [0.3, 0.4) is 0 Å². The maximum atomic E-state index is 13.6. The SMILES string of the molecule is C=C(C(OC)c1ccc(F)cc1)N(CC(=O)Nc1nc(-c2ccc(F)s2)[nH]c1-c1ccccc1)C(C)C. The van der Waals surface area contributed by atoms with Crippen molar-refractivity contribution in [3.63, 3.8) is 0 Å². The van der Waals surface area contributed by atoms with Crippen LogP contribution < -0.4 is 5.32 Å². The van der Waals surface area contributed by atoms with Crippen LogP contribution in [0.25, 0.3) is 22.0 Å². The molecule has 9 heteroatoms. The molecule has 6 nitrogen and oxygen atoms in total. The van der Waals surface area contributed by atoms with Crippen LogP contribution >= 0.6 is 11.3 Å². The number of anilines is 1. The highest BCUT2D eigenvalue weighted by atomic mass is 32.1. The number of rotatable bonds is 10. The van der Waals surface area contributed by atoms with Gasteiger partial charge in [0.2, 0.25) is 5.91 Å². The predicted molar refractivity (Wildman–Crippen MR) is 143 cm³/mol. The summed E-state index contributed by atoms with van der Waals surface area (Å²) in [6.45, 7) is 8.07. The molecule has 0 saturated carbocycles. The van der Waals surface area contributed by atoms with E-state index in [0.717, 1.165) is 22.5 Å². The quantitative estimate of drug-likeness (QED) is 0.245. The third kappa shape index (κ3) is 6.12. The normalized spacial score (nSPS) is 11.9. The Morgan fingerprint density at radius 2 is 1.81 bits per heavy atom. The Morgan fingerprint density at radius 1 is 1.11 bits per heavy atom. The molecule has 0 aliphatic heterocycles. The monoisotopic (exact) mass is 522 g/mol. The lowest BCUT2D eigenvalue weighted by Gasteiger charge is -2.34. The second-order valence-electron chi connectivity index (χ2n) is 8.71. The smallest absolute Gasteiger partial charge is 0.245 e. The molecule has 0 aliphatic rings. The Labute approximate surface area is 218 Å². The largest absolute Gasteiger partial charge is 0.371 e. The van der Waals surface area contributed by atoms with Crippen molar-refractivity contribution in [2.45, 2.75) is 26.0 Å². The van der Waals surface area contributed by atoms with Crippen LogP contribution in [0, 0.1) is 10.9 Å². The lowest BCUT2D eigenvalue weighted by molar-refractivity contribution is -0.117. The summed E-state index contributed by atoms with van der Waals surface area (Å²) in [5.41, 5.74) is 2.74. The zero-order chi connectivity index (χ0) is 26.5. The number of benzene rings is 2. The van der Waals surface area contributed by atoms with E-state index in [4.69, 9.17) is 4.74 Å². The standard InChI is InChI=1S/C28H28F2N4O2S/c1-17(2)34(18(3)26(36-4)20-10-12-21(29)13-11-20)16-24(35)31-28-25(19-8-6-5-7-9-19)32-27(33-28)22-14-15-23(30)37-22/h5-15,17,26H,3,16H2,1-2,4H3,(H,31,35)(H,32,33). The van der Waals surface area contributed by atoms with Crippen molar-refractivity contribution >= 4 is 23.1 Å². The van der Waals surface area contributed by atoms with Gasteiger partial charge in [-0.15, -0.1) is 11.3 Å². The number of nitrogens with one attached hydrogen (secondary N) is 2. The van der Waals surface area contributed by atoms with Gasteiger partial charge in [-0.3, -0.25) is 4.79 Å². The average Bonchev–Trinajstić information content (AvgIpc) is 3.50. The van der Waals surface area contributed by atoms with E-state index in [9.17, 15) is 13.6 Å². The Kier molecular flexibility index (Phi) is 8.15. The van der Waals surface area contributed by atoms with Gasteiger partial charge in [-0.1, -0.05) is 49.0 Å². The summed E-state index contributed by atoms with van der Waals surface area (Å²) in [6.07, 6.45) is -0.554. The van der Waals surface area contributed by atoms with Gasteiger partial charge in [0.15, 0.2) is 16.8 Å². The van der Waals surface area contributed by atoms with Crippen molar-refractivity contribution in [1.29, 1.82) is 0 Å². The molecule has 192 valence electrons. The van der Waals surface area contributed by atoms with Crippen LogP contribution in [0.1, 0.15) is 25.5 Å². The van der Waals surface area contributed by atoms with Crippen LogP contribution in [0.4, 0.5) is 14.6 Å². The number of thiophene rings is 1. The summed E-state index contributed by atoms with van der Waals surface area (Å²) in [5.74, 6) is 0.152. The van der Waals surface area contributed by atoms with Gasteiger partial charge in [-0.05, 0) is 43.7 Å². The van der Waals surface area contributed by atoms with E-state index in [1.807, 2.05) is 49.1 Å². The Morgan fingerprint density at radius 3 is 2.41 bits per heavy atom. The van der Waals surface area contributed by atoms with Crippen LogP contribution in [-0.4, -0.2) is 40.5 Å². The molecule has 0 saturated heterocycles. The number of halogens is 2. The number of aromatic nitrogens is 2. The average molecular weight is 523 g/mol. The fraction of sp³-hybridized carbons (Fsp3) is 0.214. The molecule has 37 heavy (non-hydrogen) atoms. The molecule has 2 heterocycles. The van der Waals surface area contributed by atoms with Crippen molar-refractivity contribution < 1.29 is 18.3 Å². The van der Waals surface area contributed by atoms with Crippen LogP contribution in [0.2, 0.25) is 0 Å². The number of nitrogens with zero attached hydrogens (tertiary/aromatic N) is 2. The molecule has 0 radical (unpaired) electrons. The molecular weight excluding hydrogens is 494 g/mol. The zero-order valence-electron chi connectivity index (χ0n) is 20.8. The molecule has 0 bridgehead atoms. The number of hydrogen-bond acceptors (Lipinski definition) is 5. The number of hydrogen-bond donors (Lipinski definition) is 2. The van der Waals surface area contributed by atoms with Crippen LogP contribution in [0.15, 0.2) is 79.0 Å². The molecule has 1 atom stereocenters. The number of carbonyl (C=O) groups excluding carboxylic acids is 1. The molecule has 2 N–H and O–H groups in total. The maximum absolute atomic E-state index is 13.6. The highest BCUT2D eigenvalue weighted by Crippen LogP contribution is 2.33. The van der Waals surface area contributed by atoms with Crippen molar-refractivity contribution in [2.75, 3.05) is 19.0 Å². The molecule has 4 aromatic rings. The van der Waals surface area contributed by atoms with Crippen molar-refractivity contribution in [1.82, 2.24) is 14.9 Å². The topological polar surface area (TPSA) is 70.2 Å². The Balaban J connectivity index is 1.58. The minimum atomic E-state index is -0.554. The molecule has 0 spiro atoms. The lowest BCUT2D eigenvalue weighted by atomic mass is 10.0. The van der Waals surface area contributed by atoms with Gasteiger partial charge in [0, 0.05) is 24.4 Å².